The van der Waals surface area contributed by atoms with Crippen LogP contribution >= 0.6 is 34.3 Å². The molecule has 2 aromatic heterocycles. The Bertz CT molecular complexity index is 516. The van der Waals surface area contributed by atoms with Crippen molar-refractivity contribution in [3.8, 4) is 0 Å². The number of rotatable bonds is 5. The summed E-state index contributed by atoms with van der Waals surface area (Å²) in [5.41, 5.74) is 1.36. The van der Waals surface area contributed by atoms with Crippen LogP contribution in [0.1, 0.15) is 39.6 Å². The Morgan fingerprint density at radius 2 is 2.11 bits per heavy atom. The SMILES string of the molecule is CCCNC(c1sc(C)cc1C)c1sccc1Cl. The smallest absolute Gasteiger partial charge is 0.0782 e. The van der Waals surface area contributed by atoms with E-state index in [0.29, 0.717) is 0 Å². The lowest BCUT2D eigenvalue weighted by Gasteiger charge is -2.17. The lowest BCUT2D eigenvalue weighted by atomic mass is 10.1. The van der Waals surface area contributed by atoms with E-state index >= 15 is 0 Å². The molecule has 1 N–H and O–H groups in total. The maximum absolute atomic E-state index is 6.30. The normalized spacial score (nSPS) is 12.9. The second-order valence-corrected chi connectivity index (χ2v) is 7.07. The first kappa shape index (κ1) is 14.1. The molecule has 0 radical (unpaired) electrons. The standard InChI is InChI=1S/C14H18ClNS2/c1-4-6-16-12(14-11(15)5-7-17-14)13-9(2)8-10(3)18-13/h5,7-8,12,16H,4,6H2,1-3H3. The van der Waals surface area contributed by atoms with Crippen LogP contribution in [-0.4, -0.2) is 6.54 Å². The van der Waals surface area contributed by atoms with Gasteiger partial charge in [-0.1, -0.05) is 18.5 Å². The average molecular weight is 300 g/mol. The molecule has 0 saturated heterocycles. The molecule has 0 aliphatic heterocycles. The van der Waals surface area contributed by atoms with Gasteiger partial charge in [0.1, 0.15) is 0 Å². The third kappa shape index (κ3) is 2.97. The van der Waals surface area contributed by atoms with Gasteiger partial charge < -0.3 is 5.32 Å². The van der Waals surface area contributed by atoms with E-state index in [4.69, 9.17) is 11.6 Å². The van der Waals surface area contributed by atoms with Gasteiger partial charge in [0.15, 0.2) is 0 Å². The highest BCUT2D eigenvalue weighted by Gasteiger charge is 2.21. The Balaban J connectivity index is 2.37. The van der Waals surface area contributed by atoms with E-state index in [-0.39, 0.29) is 6.04 Å². The average Bonchev–Trinajstić information content (AvgIpc) is 2.87. The summed E-state index contributed by atoms with van der Waals surface area (Å²) in [5.74, 6) is 0. The summed E-state index contributed by atoms with van der Waals surface area (Å²) in [6, 6.07) is 4.48. The minimum Gasteiger partial charge on any atom is -0.305 e. The highest BCUT2D eigenvalue weighted by molar-refractivity contribution is 7.13. The molecule has 1 nitrogen and oxygen atoms in total. The van der Waals surface area contributed by atoms with Gasteiger partial charge in [-0.05, 0) is 49.9 Å². The number of halogens is 1. The van der Waals surface area contributed by atoms with Crippen molar-refractivity contribution >= 4 is 34.3 Å². The van der Waals surface area contributed by atoms with E-state index in [2.05, 4.69) is 37.5 Å². The Kier molecular flexibility index (Phi) is 4.84. The van der Waals surface area contributed by atoms with E-state index < -0.39 is 0 Å². The van der Waals surface area contributed by atoms with Crippen LogP contribution in [0.25, 0.3) is 0 Å². The number of hydrogen-bond donors (Lipinski definition) is 1. The lowest BCUT2D eigenvalue weighted by molar-refractivity contribution is 0.611. The number of aryl methyl sites for hydroxylation is 2. The highest BCUT2D eigenvalue weighted by atomic mass is 35.5. The summed E-state index contributed by atoms with van der Waals surface area (Å²) in [6.07, 6.45) is 1.13. The molecule has 0 saturated carbocycles. The van der Waals surface area contributed by atoms with Crippen molar-refractivity contribution in [1.29, 1.82) is 0 Å². The monoisotopic (exact) mass is 299 g/mol. The third-order valence-corrected chi connectivity index (χ3v) is 5.49. The Hall–Kier alpha value is -0.350. The molecule has 2 rings (SSSR count). The van der Waals surface area contributed by atoms with Crippen LogP contribution in [0.2, 0.25) is 5.02 Å². The van der Waals surface area contributed by atoms with Gasteiger partial charge in [0.25, 0.3) is 0 Å². The fraction of sp³-hybridized carbons (Fsp3) is 0.429. The van der Waals surface area contributed by atoms with Crippen molar-refractivity contribution in [2.75, 3.05) is 6.54 Å². The predicted molar refractivity (Wildman–Crippen MR) is 83.3 cm³/mol. The van der Waals surface area contributed by atoms with Gasteiger partial charge in [-0.25, -0.2) is 0 Å². The van der Waals surface area contributed by atoms with Crippen molar-refractivity contribution < 1.29 is 0 Å². The summed E-state index contributed by atoms with van der Waals surface area (Å²) in [4.78, 5) is 3.99. The molecule has 0 bridgehead atoms. The fourth-order valence-corrected chi connectivity index (χ4v) is 4.50. The second-order valence-electron chi connectivity index (χ2n) is 4.42. The zero-order valence-corrected chi connectivity index (χ0v) is 13.3. The van der Waals surface area contributed by atoms with E-state index in [1.165, 1.54) is 20.2 Å². The number of nitrogens with one attached hydrogen (secondary N) is 1. The van der Waals surface area contributed by atoms with Gasteiger partial charge in [-0.2, -0.15) is 0 Å². The molecule has 1 unspecified atom stereocenters. The van der Waals surface area contributed by atoms with Crippen LogP contribution in [-0.2, 0) is 0 Å². The summed E-state index contributed by atoms with van der Waals surface area (Å²) in [6.45, 7) is 7.54. The Morgan fingerprint density at radius 3 is 2.61 bits per heavy atom. The predicted octanol–water partition coefficient (Wildman–Crippen LogP) is 5.17. The summed E-state index contributed by atoms with van der Waals surface area (Å²) >= 11 is 9.90. The Labute approximate surface area is 122 Å². The number of hydrogen-bond acceptors (Lipinski definition) is 3. The van der Waals surface area contributed by atoms with Crippen molar-refractivity contribution in [1.82, 2.24) is 5.32 Å². The molecule has 0 aromatic carbocycles. The topological polar surface area (TPSA) is 12.0 Å². The minimum absolute atomic E-state index is 0.246. The van der Waals surface area contributed by atoms with Crippen LogP contribution in [0.15, 0.2) is 17.5 Å². The molecule has 1 atom stereocenters. The Morgan fingerprint density at radius 1 is 1.33 bits per heavy atom. The van der Waals surface area contributed by atoms with Gasteiger partial charge in [0.05, 0.1) is 11.1 Å². The van der Waals surface area contributed by atoms with E-state index in [9.17, 15) is 0 Å². The maximum atomic E-state index is 6.30. The van der Waals surface area contributed by atoms with Crippen molar-refractivity contribution in [3.05, 3.63) is 42.7 Å². The van der Waals surface area contributed by atoms with Crippen LogP contribution in [0.5, 0.6) is 0 Å². The summed E-state index contributed by atoms with van der Waals surface area (Å²) in [7, 11) is 0. The molecular weight excluding hydrogens is 282 g/mol. The third-order valence-electron chi connectivity index (χ3n) is 2.85. The molecule has 4 heteroatoms. The summed E-state index contributed by atoms with van der Waals surface area (Å²) < 4.78 is 0. The van der Waals surface area contributed by atoms with E-state index in [1.807, 2.05) is 17.4 Å². The molecule has 0 aliphatic rings. The zero-order valence-electron chi connectivity index (χ0n) is 10.9. The molecule has 98 valence electrons. The first-order valence-corrected chi connectivity index (χ1v) is 8.24. The maximum Gasteiger partial charge on any atom is 0.0782 e. The molecule has 0 spiro atoms. The largest absolute Gasteiger partial charge is 0.305 e. The van der Waals surface area contributed by atoms with Gasteiger partial charge >= 0.3 is 0 Å². The van der Waals surface area contributed by atoms with Gasteiger partial charge in [0, 0.05) is 14.6 Å². The van der Waals surface area contributed by atoms with Crippen molar-refractivity contribution in [2.24, 2.45) is 0 Å². The highest BCUT2D eigenvalue weighted by Crippen LogP contribution is 2.37. The van der Waals surface area contributed by atoms with Gasteiger partial charge in [-0.3, -0.25) is 0 Å². The second kappa shape index (κ2) is 6.20. The first-order valence-electron chi connectivity index (χ1n) is 6.16. The molecule has 18 heavy (non-hydrogen) atoms. The molecule has 0 aliphatic carbocycles. The molecular formula is C14H18ClNS2. The fourth-order valence-electron chi connectivity index (χ4n) is 2.05. The number of thiophene rings is 2. The van der Waals surface area contributed by atoms with Crippen molar-refractivity contribution in [2.45, 2.75) is 33.2 Å². The van der Waals surface area contributed by atoms with Gasteiger partial charge in [0.2, 0.25) is 0 Å². The molecule has 2 aromatic rings. The summed E-state index contributed by atoms with van der Waals surface area (Å²) in [5, 5.41) is 6.56. The van der Waals surface area contributed by atoms with Crippen LogP contribution in [0.4, 0.5) is 0 Å². The van der Waals surface area contributed by atoms with E-state index in [1.54, 1.807) is 11.3 Å². The first-order chi connectivity index (χ1) is 8.63. The molecule has 0 amide bonds. The van der Waals surface area contributed by atoms with E-state index in [0.717, 1.165) is 18.0 Å². The zero-order chi connectivity index (χ0) is 13.1. The van der Waals surface area contributed by atoms with Gasteiger partial charge in [-0.15, -0.1) is 22.7 Å². The van der Waals surface area contributed by atoms with Crippen LogP contribution in [0.3, 0.4) is 0 Å². The minimum atomic E-state index is 0.246. The quantitative estimate of drug-likeness (QED) is 0.803. The van der Waals surface area contributed by atoms with Crippen molar-refractivity contribution in [3.63, 3.8) is 0 Å². The lowest BCUT2D eigenvalue weighted by Crippen LogP contribution is -2.22. The van der Waals surface area contributed by atoms with Crippen LogP contribution in [0, 0.1) is 13.8 Å². The molecule has 0 fully saturated rings. The van der Waals surface area contributed by atoms with Crippen LogP contribution < -0.4 is 5.32 Å². The molecule has 2 heterocycles.